The maximum Gasteiger partial charge on any atom is 0.270 e. The number of carbonyl (C=O) groups excluding carboxylic acids is 2. The zero-order valence-electron chi connectivity index (χ0n) is 16.9. The van der Waals surface area contributed by atoms with Crippen LogP contribution in [-0.4, -0.2) is 28.3 Å². The third kappa shape index (κ3) is 3.37. The molecule has 4 aromatic rings. The molecule has 2 heterocycles. The Balaban J connectivity index is 1.34. The van der Waals surface area contributed by atoms with Crippen LogP contribution in [0.3, 0.4) is 0 Å². The van der Waals surface area contributed by atoms with Gasteiger partial charge in [-0.05, 0) is 48.4 Å². The van der Waals surface area contributed by atoms with E-state index in [0.29, 0.717) is 34.3 Å². The van der Waals surface area contributed by atoms with E-state index < -0.39 is 10.8 Å². The van der Waals surface area contributed by atoms with E-state index in [1.54, 1.807) is 35.2 Å². The first-order chi connectivity index (χ1) is 15.5. The smallest absolute Gasteiger partial charge is 0.270 e. The molecule has 1 aliphatic rings. The molecule has 0 fully saturated rings. The quantitative estimate of drug-likeness (QED) is 0.369. The van der Waals surface area contributed by atoms with Gasteiger partial charge in [-0.25, -0.2) is 0 Å². The summed E-state index contributed by atoms with van der Waals surface area (Å²) in [5.41, 5.74) is 3.99. The number of rotatable bonds is 4. The molecule has 1 aliphatic heterocycles. The number of anilines is 2. The molecule has 0 aliphatic carbocycles. The van der Waals surface area contributed by atoms with Crippen molar-refractivity contribution in [2.45, 2.75) is 6.42 Å². The Bertz CT molecular complexity index is 1370. The first-order valence-electron chi connectivity index (χ1n) is 10.1. The number of benzene rings is 3. The number of fused-ring (bicyclic) bond motifs is 2. The van der Waals surface area contributed by atoms with E-state index in [2.05, 4.69) is 10.3 Å². The van der Waals surface area contributed by atoms with Gasteiger partial charge in [-0.15, -0.1) is 0 Å². The average molecular weight is 426 g/mol. The Hall–Kier alpha value is -4.46. The number of para-hydroxylation sites is 1. The molecule has 0 radical (unpaired) electrons. The van der Waals surface area contributed by atoms with Crippen LogP contribution < -0.4 is 10.2 Å². The van der Waals surface area contributed by atoms with E-state index in [1.807, 2.05) is 24.3 Å². The van der Waals surface area contributed by atoms with Gasteiger partial charge in [0.25, 0.3) is 17.5 Å². The molecule has 1 aromatic heterocycles. The van der Waals surface area contributed by atoms with E-state index in [-0.39, 0.29) is 11.6 Å². The number of hydrogen-bond donors (Lipinski definition) is 2. The number of aromatic amines is 1. The highest BCUT2D eigenvalue weighted by Crippen LogP contribution is 2.29. The van der Waals surface area contributed by atoms with E-state index in [9.17, 15) is 19.7 Å². The molecule has 8 heteroatoms. The highest BCUT2D eigenvalue weighted by Gasteiger charge is 2.25. The van der Waals surface area contributed by atoms with Crippen LogP contribution in [0.25, 0.3) is 10.9 Å². The number of nitro benzene ring substituents is 1. The largest absolute Gasteiger partial charge is 0.360 e. The Morgan fingerprint density at radius 3 is 2.59 bits per heavy atom. The lowest BCUT2D eigenvalue weighted by Crippen LogP contribution is -2.28. The van der Waals surface area contributed by atoms with Crippen molar-refractivity contribution in [3.8, 4) is 0 Å². The molecule has 0 atom stereocenters. The zero-order chi connectivity index (χ0) is 22.2. The van der Waals surface area contributed by atoms with Gasteiger partial charge in [0.2, 0.25) is 0 Å². The van der Waals surface area contributed by atoms with Crippen molar-refractivity contribution in [1.29, 1.82) is 0 Å². The molecule has 32 heavy (non-hydrogen) atoms. The van der Waals surface area contributed by atoms with E-state index in [1.165, 1.54) is 18.3 Å². The topological polar surface area (TPSA) is 108 Å². The van der Waals surface area contributed by atoms with Crippen molar-refractivity contribution in [1.82, 2.24) is 4.98 Å². The molecule has 5 rings (SSSR count). The number of H-pyrrole nitrogens is 1. The third-order valence-corrected chi connectivity index (χ3v) is 5.64. The van der Waals surface area contributed by atoms with E-state index in [4.69, 9.17) is 0 Å². The number of nitrogens with zero attached hydrogens (tertiary/aromatic N) is 2. The summed E-state index contributed by atoms with van der Waals surface area (Å²) in [6.45, 7) is 0.642. The number of non-ortho nitro benzene ring substituents is 1. The van der Waals surface area contributed by atoms with Gasteiger partial charge in [0.1, 0.15) is 0 Å². The van der Waals surface area contributed by atoms with Crippen molar-refractivity contribution in [3.63, 3.8) is 0 Å². The summed E-state index contributed by atoms with van der Waals surface area (Å²) in [6.07, 6.45) is 2.35. The summed E-state index contributed by atoms with van der Waals surface area (Å²) in [5, 5.41) is 14.3. The lowest BCUT2D eigenvalue weighted by atomic mass is 10.1. The van der Waals surface area contributed by atoms with Crippen molar-refractivity contribution in [2.24, 2.45) is 0 Å². The summed E-state index contributed by atoms with van der Waals surface area (Å²) in [5.74, 6) is -0.485. The fourth-order valence-corrected chi connectivity index (χ4v) is 4.01. The molecule has 3 aromatic carbocycles. The van der Waals surface area contributed by atoms with Crippen molar-refractivity contribution < 1.29 is 14.5 Å². The van der Waals surface area contributed by atoms with Crippen LogP contribution in [0.5, 0.6) is 0 Å². The second kappa shape index (κ2) is 7.66. The first-order valence-corrected chi connectivity index (χ1v) is 10.1. The fourth-order valence-electron chi connectivity index (χ4n) is 4.01. The second-order valence-corrected chi connectivity index (χ2v) is 7.56. The Labute approximate surface area is 182 Å². The first kappa shape index (κ1) is 19.5. The zero-order valence-corrected chi connectivity index (χ0v) is 16.9. The van der Waals surface area contributed by atoms with Crippen molar-refractivity contribution >= 4 is 39.8 Å². The van der Waals surface area contributed by atoms with Crippen LogP contribution in [0, 0.1) is 10.1 Å². The van der Waals surface area contributed by atoms with Gasteiger partial charge in [0.05, 0.1) is 10.5 Å². The van der Waals surface area contributed by atoms with Crippen LogP contribution in [0.1, 0.15) is 26.3 Å². The normalized spacial score (nSPS) is 12.6. The molecule has 2 amide bonds. The average Bonchev–Trinajstić information content (AvgIpc) is 3.43. The van der Waals surface area contributed by atoms with Gasteiger partial charge in [-0.3, -0.25) is 19.7 Å². The molecule has 0 saturated heterocycles. The molecule has 0 spiro atoms. The number of hydrogen-bond acceptors (Lipinski definition) is 4. The lowest BCUT2D eigenvalue weighted by Gasteiger charge is -2.17. The highest BCUT2D eigenvalue weighted by atomic mass is 16.6. The number of nitrogens with one attached hydrogen (secondary N) is 2. The molecule has 158 valence electrons. The summed E-state index contributed by atoms with van der Waals surface area (Å²) in [4.78, 5) is 41.0. The Morgan fingerprint density at radius 2 is 1.81 bits per heavy atom. The fraction of sp³-hybridized carbons (Fsp3) is 0.0833. The molecular weight excluding hydrogens is 408 g/mol. The van der Waals surface area contributed by atoms with Gasteiger partial charge in [-0.1, -0.05) is 18.2 Å². The molecule has 0 unspecified atom stereocenters. The predicted octanol–water partition coefficient (Wildman–Crippen LogP) is 4.53. The van der Waals surface area contributed by atoms with Crippen molar-refractivity contribution in [3.05, 3.63) is 99.7 Å². The maximum absolute atomic E-state index is 12.9. The monoisotopic (exact) mass is 426 g/mol. The van der Waals surface area contributed by atoms with Crippen LogP contribution >= 0.6 is 0 Å². The summed E-state index contributed by atoms with van der Waals surface area (Å²) >= 11 is 0. The molecule has 0 bridgehead atoms. The van der Waals surface area contributed by atoms with Gasteiger partial charge in [-0.2, -0.15) is 0 Å². The Kier molecular flexibility index (Phi) is 4.67. The number of amides is 2. The van der Waals surface area contributed by atoms with E-state index in [0.717, 1.165) is 17.7 Å². The Morgan fingerprint density at radius 1 is 1.03 bits per heavy atom. The minimum atomic E-state index is -0.497. The standard InChI is InChI=1S/C24H18N4O4/c29-23(20-14-25-21-10-9-18(28(31)32)13-19(20)21)26-17-7-5-16(6-8-17)24(30)27-12-11-15-3-1-2-4-22(15)27/h1-10,13-14,25H,11-12H2,(H,26,29). The van der Waals surface area contributed by atoms with Gasteiger partial charge < -0.3 is 15.2 Å². The van der Waals surface area contributed by atoms with Gasteiger partial charge in [0, 0.05) is 52.7 Å². The van der Waals surface area contributed by atoms with E-state index >= 15 is 0 Å². The van der Waals surface area contributed by atoms with Gasteiger partial charge >= 0.3 is 0 Å². The SMILES string of the molecule is O=C(Nc1ccc(C(=O)N2CCc3ccccc32)cc1)c1c[nH]c2ccc([N+](=O)[O-])cc12. The van der Waals surface area contributed by atoms with Crippen LogP contribution in [0.4, 0.5) is 17.1 Å². The lowest BCUT2D eigenvalue weighted by molar-refractivity contribution is -0.384. The van der Waals surface area contributed by atoms with Gasteiger partial charge in [0.15, 0.2) is 0 Å². The molecule has 8 nitrogen and oxygen atoms in total. The summed E-state index contributed by atoms with van der Waals surface area (Å²) in [7, 11) is 0. The van der Waals surface area contributed by atoms with Crippen molar-refractivity contribution in [2.75, 3.05) is 16.8 Å². The molecule has 2 N–H and O–H groups in total. The number of nitro groups is 1. The second-order valence-electron chi connectivity index (χ2n) is 7.56. The predicted molar refractivity (Wildman–Crippen MR) is 121 cm³/mol. The minimum absolute atomic E-state index is 0.0856. The number of aromatic nitrogens is 1. The van der Waals surface area contributed by atoms with Crippen LogP contribution in [-0.2, 0) is 6.42 Å². The van der Waals surface area contributed by atoms with Crippen LogP contribution in [0.15, 0.2) is 72.9 Å². The molecular formula is C24H18N4O4. The maximum atomic E-state index is 12.9. The number of carbonyl (C=O) groups is 2. The minimum Gasteiger partial charge on any atom is -0.360 e. The highest BCUT2D eigenvalue weighted by molar-refractivity contribution is 6.13. The molecule has 0 saturated carbocycles. The summed E-state index contributed by atoms with van der Waals surface area (Å²) < 4.78 is 0. The van der Waals surface area contributed by atoms with Crippen LogP contribution in [0.2, 0.25) is 0 Å². The summed E-state index contributed by atoms with van der Waals surface area (Å²) in [6, 6.07) is 18.9. The third-order valence-electron chi connectivity index (χ3n) is 5.64.